The fraction of sp³-hybridized carbons (Fsp3) is 0.105. The molecule has 126 valence electrons. The molecule has 0 aliphatic carbocycles. The van der Waals surface area contributed by atoms with Crippen LogP contribution in [0.1, 0.15) is 11.1 Å². The Balaban J connectivity index is 1.83. The Morgan fingerprint density at radius 3 is 2.36 bits per heavy atom. The lowest BCUT2D eigenvalue weighted by Crippen LogP contribution is -2.05. The maximum atomic E-state index is 12.7. The van der Waals surface area contributed by atoms with Gasteiger partial charge in [0.2, 0.25) is 0 Å². The molecular formula is C19H14F3N3. The first-order valence-corrected chi connectivity index (χ1v) is 7.72. The number of hydrogen-bond donors (Lipinski definition) is 1. The van der Waals surface area contributed by atoms with Gasteiger partial charge in [0.1, 0.15) is 5.82 Å². The number of pyridine rings is 1. The second-order valence-corrected chi connectivity index (χ2v) is 5.92. The lowest BCUT2D eigenvalue weighted by Gasteiger charge is -2.10. The van der Waals surface area contributed by atoms with Gasteiger partial charge in [-0.05, 0) is 29.8 Å². The highest BCUT2D eigenvalue weighted by molar-refractivity contribution is 6.08. The van der Waals surface area contributed by atoms with Crippen LogP contribution in [-0.4, -0.2) is 9.55 Å². The highest BCUT2D eigenvalue weighted by Gasteiger charge is 2.29. The standard InChI is InChI=1S/C19H14F3N3/c20-19(21,22)13-7-5-12(6-8-13)11-25-16-4-2-1-3-14(16)15-9-18(23)24-10-17(15)25/h1-10H,11H2,(H2,23,24). The van der Waals surface area contributed by atoms with Gasteiger partial charge in [-0.2, -0.15) is 13.2 Å². The molecule has 0 aliphatic rings. The van der Waals surface area contributed by atoms with E-state index in [1.54, 1.807) is 6.20 Å². The van der Waals surface area contributed by atoms with Gasteiger partial charge in [0.25, 0.3) is 0 Å². The molecule has 0 aliphatic heterocycles. The summed E-state index contributed by atoms with van der Waals surface area (Å²) < 4.78 is 40.2. The van der Waals surface area contributed by atoms with E-state index in [0.717, 1.165) is 39.5 Å². The molecule has 0 radical (unpaired) electrons. The van der Waals surface area contributed by atoms with Crippen LogP contribution in [0.5, 0.6) is 0 Å². The molecule has 2 aromatic carbocycles. The largest absolute Gasteiger partial charge is 0.416 e. The number of anilines is 1. The Labute approximate surface area is 141 Å². The first-order valence-electron chi connectivity index (χ1n) is 7.72. The number of para-hydroxylation sites is 1. The summed E-state index contributed by atoms with van der Waals surface area (Å²) >= 11 is 0. The Bertz CT molecular complexity index is 1060. The van der Waals surface area contributed by atoms with Gasteiger partial charge >= 0.3 is 6.18 Å². The van der Waals surface area contributed by atoms with Crippen molar-refractivity contribution in [2.45, 2.75) is 12.7 Å². The second kappa shape index (κ2) is 5.51. The maximum absolute atomic E-state index is 12.7. The van der Waals surface area contributed by atoms with Crippen molar-refractivity contribution in [3.8, 4) is 0 Å². The molecule has 0 saturated heterocycles. The van der Waals surface area contributed by atoms with Crippen LogP contribution in [0.2, 0.25) is 0 Å². The number of aromatic nitrogens is 2. The molecule has 0 saturated carbocycles. The van der Waals surface area contributed by atoms with Gasteiger partial charge in [0, 0.05) is 22.8 Å². The van der Waals surface area contributed by atoms with E-state index < -0.39 is 11.7 Å². The molecule has 4 aromatic rings. The van der Waals surface area contributed by atoms with Gasteiger partial charge in [-0.3, -0.25) is 0 Å². The molecule has 0 amide bonds. The minimum absolute atomic E-state index is 0.435. The summed E-state index contributed by atoms with van der Waals surface area (Å²) in [5.74, 6) is 0.435. The van der Waals surface area contributed by atoms with E-state index in [0.29, 0.717) is 12.4 Å². The van der Waals surface area contributed by atoms with E-state index in [1.165, 1.54) is 12.1 Å². The van der Waals surface area contributed by atoms with Crippen molar-refractivity contribution >= 4 is 27.6 Å². The van der Waals surface area contributed by atoms with Gasteiger partial charge in [0.05, 0.1) is 17.3 Å². The number of halogens is 3. The van der Waals surface area contributed by atoms with Crippen molar-refractivity contribution in [2.75, 3.05) is 5.73 Å². The summed E-state index contributed by atoms with van der Waals surface area (Å²) in [6.45, 7) is 0.452. The Morgan fingerprint density at radius 1 is 0.920 bits per heavy atom. The van der Waals surface area contributed by atoms with Crippen LogP contribution >= 0.6 is 0 Å². The number of hydrogen-bond acceptors (Lipinski definition) is 2. The Kier molecular flexibility index (Phi) is 3.42. The number of nitrogen functional groups attached to an aromatic ring is 1. The number of nitrogens with two attached hydrogens (primary N) is 1. The summed E-state index contributed by atoms with van der Waals surface area (Å²) in [4.78, 5) is 4.16. The summed E-state index contributed by atoms with van der Waals surface area (Å²) in [6.07, 6.45) is -2.62. The van der Waals surface area contributed by atoms with Crippen molar-refractivity contribution in [1.82, 2.24) is 9.55 Å². The number of benzene rings is 2. The zero-order valence-electron chi connectivity index (χ0n) is 13.1. The molecule has 2 N–H and O–H groups in total. The summed E-state index contributed by atoms with van der Waals surface area (Å²) in [7, 11) is 0. The van der Waals surface area contributed by atoms with Gasteiger partial charge in [-0.25, -0.2) is 4.98 Å². The third-order valence-electron chi connectivity index (χ3n) is 4.30. The van der Waals surface area contributed by atoms with Crippen molar-refractivity contribution in [3.63, 3.8) is 0 Å². The third-order valence-corrected chi connectivity index (χ3v) is 4.30. The fourth-order valence-corrected chi connectivity index (χ4v) is 3.11. The minimum atomic E-state index is -4.33. The zero-order chi connectivity index (χ0) is 17.6. The summed E-state index contributed by atoms with van der Waals surface area (Å²) in [5, 5.41) is 2.02. The highest BCUT2D eigenvalue weighted by Crippen LogP contribution is 2.31. The normalized spacial score (nSPS) is 12.1. The molecule has 0 bridgehead atoms. The molecule has 0 fully saturated rings. The smallest absolute Gasteiger partial charge is 0.384 e. The van der Waals surface area contributed by atoms with Crippen LogP contribution in [0.4, 0.5) is 19.0 Å². The average molecular weight is 341 g/mol. The van der Waals surface area contributed by atoms with Crippen molar-refractivity contribution in [3.05, 3.63) is 71.9 Å². The van der Waals surface area contributed by atoms with E-state index >= 15 is 0 Å². The number of fused-ring (bicyclic) bond motifs is 3. The van der Waals surface area contributed by atoms with E-state index in [9.17, 15) is 13.2 Å². The van der Waals surface area contributed by atoms with E-state index in [2.05, 4.69) is 4.98 Å². The molecule has 4 rings (SSSR count). The van der Waals surface area contributed by atoms with E-state index in [4.69, 9.17) is 5.73 Å². The molecule has 2 aromatic heterocycles. The van der Waals surface area contributed by atoms with Gasteiger partial charge < -0.3 is 10.3 Å². The minimum Gasteiger partial charge on any atom is -0.384 e. The lowest BCUT2D eigenvalue weighted by atomic mass is 10.1. The van der Waals surface area contributed by atoms with Gasteiger partial charge in [-0.1, -0.05) is 30.3 Å². The van der Waals surface area contributed by atoms with Crippen molar-refractivity contribution in [1.29, 1.82) is 0 Å². The SMILES string of the molecule is Nc1cc2c3ccccc3n(Cc3ccc(C(F)(F)F)cc3)c2cn1. The second-order valence-electron chi connectivity index (χ2n) is 5.92. The van der Waals surface area contributed by atoms with Crippen LogP contribution in [0.15, 0.2) is 60.8 Å². The predicted molar refractivity (Wildman–Crippen MR) is 92.2 cm³/mol. The molecule has 25 heavy (non-hydrogen) atoms. The lowest BCUT2D eigenvalue weighted by molar-refractivity contribution is -0.137. The van der Waals surface area contributed by atoms with Crippen molar-refractivity contribution < 1.29 is 13.2 Å². The zero-order valence-corrected chi connectivity index (χ0v) is 13.1. The summed E-state index contributed by atoms with van der Waals surface area (Å²) in [6, 6.07) is 14.9. The molecule has 0 atom stereocenters. The molecular weight excluding hydrogens is 327 g/mol. The van der Waals surface area contributed by atoms with Crippen LogP contribution < -0.4 is 5.73 Å². The Morgan fingerprint density at radius 2 is 1.64 bits per heavy atom. The quantitative estimate of drug-likeness (QED) is 0.567. The fourth-order valence-electron chi connectivity index (χ4n) is 3.11. The first kappa shape index (κ1) is 15.5. The topological polar surface area (TPSA) is 43.8 Å². The van der Waals surface area contributed by atoms with Gasteiger partial charge in [-0.15, -0.1) is 0 Å². The van der Waals surface area contributed by atoms with Gasteiger partial charge in [0.15, 0.2) is 0 Å². The molecule has 0 unspecified atom stereocenters. The highest BCUT2D eigenvalue weighted by atomic mass is 19.4. The number of alkyl halides is 3. The van der Waals surface area contributed by atoms with Crippen molar-refractivity contribution in [2.24, 2.45) is 0 Å². The number of nitrogens with zero attached hydrogens (tertiary/aromatic N) is 2. The predicted octanol–water partition coefficient (Wildman–Crippen LogP) is 4.84. The maximum Gasteiger partial charge on any atom is 0.416 e. The van der Waals surface area contributed by atoms with Crippen LogP contribution in [-0.2, 0) is 12.7 Å². The first-order chi connectivity index (χ1) is 11.9. The monoisotopic (exact) mass is 341 g/mol. The van der Waals surface area contributed by atoms with E-state index in [1.807, 2.05) is 34.9 Å². The summed E-state index contributed by atoms with van der Waals surface area (Å²) in [5.41, 5.74) is 7.84. The molecule has 3 nitrogen and oxygen atoms in total. The van der Waals surface area contributed by atoms with Crippen LogP contribution in [0.25, 0.3) is 21.8 Å². The molecule has 2 heterocycles. The molecule has 6 heteroatoms. The third kappa shape index (κ3) is 2.69. The Hall–Kier alpha value is -3.02. The molecule has 0 spiro atoms. The van der Waals surface area contributed by atoms with Crippen LogP contribution in [0.3, 0.4) is 0 Å². The average Bonchev–Trinajstić information content (AvgIpc) is 2.88. The van der Waals surface area contributed by atoms with Crippen LogP contribution in [0, 0.1) is 0 Å². The van der Waals surface area contributed by atoms with E-state index in [-0.39, 0.29) is 0 Å². The number of rotatable bonds is 2.